The molecule has 0 saturated carbocycles. The first-order chi connectivity index (χ1) is 5.41. The minimum absolute atomic E-state index is 0.243. The van der Waals surface area contributed by atoms with E-state index in [9.17, 15) is 0 Å². The molecule has 0 rings (SSSR count). The Hall–Kier alpha value is 1.67. The van der Waals surface area contributed by atoms with Gasteiger partial charge in [-0.3, -0.25) is 0 Å². The van der Waals surface area contributed by atoms with Crippen molar-refractivity contribution in [1.29, 1.82) is 0 Å². The lowest BCUT2D eigenvalue weighted by atomic mass is 10.9. The van der Waals surface area contributed by atoms with Crippen LogP contribution in [0, 0.1) is 0 Å². The summed E-state index contributed by atoms with van der Waals surface area (Å²) < 4.78 is 0. The van der Waals surface area contributed by atoms with Crippen LogP contribution in [-0.2, 0) is 0 Å². The Bertz CT molecular complexity index is 65.5. The fourth-order valence-electron chi connectivity index (χ4n) is 0.193. The van der Waals surface area contributed by atoms with Crippen molar-refractivity contribution >= 4 is 51.1 Å². The third kappa shape index (κ3) is 11.7. The van der Waals surface area contributed by atoms with Crippen LogP contribution in [0.15, 0.2) is 0 Å². The van der Waals surface area contributed by atoms with Crippen molar-refractivity contribution < 1.29 is 10.2 Å². The summed E-state index contributed by atoms with van der Waals surface area (Å²) in [4.78, 5) is 0. The molecule has 0 unspecified atom stereocenters. The number of hydrogen-bond acceptors (Lipinski definition) is 7. The highest BCUT2D eigenvalue weighted by atomic mass is 33.8. The monoisotopic (exact) mass is 250 g/mol. The van der Waals surface area contributed by atoms with E-state index < -0.39 is 0 Å². The van der Waals surface area contributed by atoms with Gasteiger partial charge in [0, 0.05) is 11.5 Å². The molecule has 11 heavy (non-hydrogen) atoms. The SMILES string of the molecule is OCCSSSSSCCO. The van der Waals surface area contributed by atoms with Gasteiger partial charge in [0.15, 0.2) is 0 Å². The molecule has 2 nitrogen and oxygen atoms in total. The van der Waals surface area contributed by atoms with Gasteiger partial charge in [-0.1, -0.05) is 21.6 Å². The van der Waals surface area contributed by atoms with Gasteiger partial charge in [0.2, 0.25) is 0 Å². The van der Waals surface area contributed by atoms with Gasteiger partial charge in [0.05, 0.1) is 13.2 Å². The van der Waals surface area contributed by atoms with Gasteiger partial charge in [-0.25, -0.2) is 0 Å². The van der Waals surface area contributed by atoms with Crippen LogP contribution in [0.3, 0.4) is 0 Å². The topological polar surface area (TPSA) is 40.5 Å². The molecule has 0 aromatic heterocycles. The van der Waals surface area contributed by atoms with Crippen molar-refractivity contribution in [2.45, 2.75) is 0 Å². The predicted octanol–water partition coefficient (Wildman–Crippen LogP) is 2.30. The zero-order chi connectivity index (χ0) is 8.36. The summed E-state index contributed by atoms with van der Waals surface area (Å²) in [6, 6.07) is 0. The molecule has 0 bridgehead atoms. The van der Waals surface area contributed by atoms with Crippen LogP contribution in [0.2, 0.25) is 0 Å². The molecule has 0 saturated heterocycles. The van der Waals surface area contributed by atoms with E-state index in [0.29, 0.717) is 0 Å². The van der Waals surface area contributed by atoms with Crippen LogP contribution in [-0.4, -0.2) is 34.9 Å². The molecule has 0 spiro atoms. The standard InChI is InChI=1S/C4H10O2S5/c5-1-3-7-9-11-10-8-4-2-6/h5-6H,1-4H2. The minimum atomic E-state index is 0.243. The Kier molecular flexibility index (Phi) is 13.4. The summed E-state index contributed by atoms with van der Waals surface area (Å²) in [7, 11) is 8.28. The van der Waals surface area contributed by atoms with Crippen LogP contribution >= 0.6 is 51.1 Å². The molecule has 0 aliphatic heterocycles. The van der Waals surface area contributed by atoms with Gasteiger partial charge >= 0.3 is 0 Å². The molecule has 0 radical (unpaired) electrons. The summed E-state index contributed by atoms with van der Waals surface area (Å²) >= 11 is 0. The zero-order valence-corrected chi connectivity index (χ0v) is 9.85. The maximum absolute atomic E-state index is 8.42. The summed E-state index contributed by atoms with van der Waals surface area (Å²) in [5.74, 6) is 1.56. The maximum atomic E-state index is 8.42. The van der Waals surface area contributed by atoms with E-state index in [4.69, 9.17) is 10.2 Å². The second kappa shape index (κ2) is 11.7. The second-order valence-electron chi connectivity index (χ2n) is 1.30. The van der Waals surface area contributed by atoms with Gasteiger partial charge in [-0.15, -0.1) is 0 Å². The van der Waals surface area contributed by atoms with E-state index in [-0.39, 0.29) is 13.2 Å². The van der Waals surface area contributed by atoms with Gasteiger partial charge in [-0.05, 0) is 29.5 Å². The molecular formula is C4H10O2S5. The highest BCUT2D eigenvalue weighted by Crippen LogP contribution is 2.48. The van der Waals surface area contributed by atoms with Crippen molar-refractivity contribution in [2.24, 2.45) is 0 Å². The van der Waals surface area contributed by atoms with Crippen molar-refractivity contribution in [3.05, 3.63) is 0 Å². The summed E-state index contributed by atoms with van der Waals surface area (Å²) in [6.07, 6.45) is 0. The highest BCUT2D eigenvalue weighted by Gasteiger charge is 1.92. The second-order valence-corrected chi connectivity index (χ2v) is 9.30. The third-order valence-corrected chi connectivity index (χ3v) is 9.15. The van der Waals surface area contributed by atoms with Gasteiger partial charge in [0.25, 0.3) is 0 Å². The van der Waals surface area contributed by atoms with E-state index in [1.54, 1.807) is 51.1 Å². The quantitative estimate of drug-likeness (QED) is 0.506. The number of hydrogen-bond donors (Lipinski definition) is 2. The Morgan fingerprint density at radius 2 is 1.18 bits per heavy atom. The highest BCUT2D eigenvalue weighted by molar-refractivity contribution is 9.35. The molecule has 0 aromatic rings. The normalized spacial score (nSPS) is 10.4. The lowest BCUT2D eigenvalue weighted by Gasteiger charge is -1.96. The predicted molar refractivity (Wildman–Crippen MR) is 61.9 cm³/mol. The molecule has 0 aliphatic rings. The van der Waals surface area contributed by atoms with Gasteiger partial charge < -0.3 is 10.2 Å². The third-order valence-electron chi connectivity index (χ3n) is 0.501. The van der Waals surface area contributed by atoms with Crippen LogP contribution in [0.5, 0.6) is 0 Å². The number of rotatable bonds is 8. The van der Waals surface area contributed by atoms with Crippen LogP contribution in [0.4, 0.5) is 0 Å². The Morgan fingerprint density at radius 1 is 0.727 bits per heavy atom. The lowest BCUT2D eigenvalue weighted by Crippen LogP contribution is -1.81. The average Bonchev–Trinajstić information content (AvgIpc) is 2.03. The lowest BCUT2D eigenvalue weighted by molar-refractivity contribution is 0.322. The fraction of sp³-hybridized carbons (Fsp3) is 1.00. The van der Waals surface area contributed by atoms with Gasteiger partial charge in [-0.2, -0.15) is 0 Å². The van der Waals surface area contributed by atoms with E-state index >= 15 is 0 Å². The Balaban J connectivity index is 2.69. The van der Waals surface area contributed by atoms with E-state index in [1.165, 1.54) is 0 Å². The molecule has 0 heterocycles. The molecule has 68 valence electrons. The first-order valence-corrected chi connectivity index (χ1v) is 9.36. The molecule has 0 aromatic carbocycles. The molecular weight excluding hydrogens is 240 g/mol. The minimum Gasteiger partial charge on any atom is -0.395 e. The molecule has 0 aliphatic carbocycles. The van der Waals surface area contributed by atoms with Gasteiger partial charge in [0.1, 0.15) is 0 Å². The summed E-state index contributed by atoms with van der Waals surface area (Å²) in [6.45, 7) is 0.485. The smallest absolute Gasteiger partial charge is 0.0530 e. The molecule has 0 atom stereocenters. The van der Waals surface area contributed by atoms with Crippen molar-refractivity contribution in [3.8, 4) is 0 Å². The van der Waals surface area contributed by atoms with Crippen molar-refractivity contribution in [1.82, 2.24) is 0 Å². The Morgan fingerprint density at radius 3 is 1.55 bits per heavy atom. The van der Waals surface area contributed by atoms with Crippen LogP contribution in [0.25, 0.3) is 0 Å². The van der Waals surface area contributed by atoms with E-state index in [0.717, 1.165) is 11.5 Å². The number of aliphatic hydroxyl groups excluding tert-OH is 2. The summed E-state index contributed by atoms with van der Waals surface area (Å²) in [5, 5.41) is 16.8. The molecule has 0 amide bonds. The van der Waals surface area contributed by atoms with E-state index in [1.807, 2.05) is 0 Å². The number of aliphatic hydroxyl groups is 2. The first-order valence-electron chi connectivity index (χ1n) is 2.88. The molecule has 0 fully saturated rings. The fourth-order valence-corrected chi connectivity index (χ4v) is 8.45. The van der Waals surface area contributed by atoms with Crippen molar-refractivity contribution in [2.75, 3.05) is 24.7 Å². The zero-order valence-electron chi connectivity index (χ0n) is 5.76. The average molecular weight is 250 g/mol. The van der Waals surface area contributed by atoms with E-state index in [2.05, 4.69) is 0 Å². The maximum Gasteiger partial charge on any atom is 0.0530 e. The largest absolute Gasteiger partial charge is 0.395 e. The van der Waals surface area contributed by atoms with Crippen LogP contribution in [0.1, 0.15) is 0 Å². The van der Waals surface area contributed by atoms with Crippen LogP contribution < -0.4 is 0 Å². The summed E-state index contributed by atoms with van der Waals surface area (Å²) in [5.41, 5.74) is 0. The first kappa shape index (κ1) is 12.7. The molecule has 7 heteroatoms. The van der Waals surface area contributed by atoms with Crippen molar-refractivity contribution in [3.63, 3.8) is 0 Å². The molecule has 2 N–H and O–H groups in total. The Labute approximate surface area is 85.6 Å².